The molecule has 0 aliphatic carbocycles. The highest BCUT2D eigenvalue weighted by Crippen LogP contribution is 2.14. The third-order valence-electron chi connectivity index (χ3n) is 3.98. The van der Waals surface area contributed by atoms with E-state index in [-0.39, 0.29) is 5.97 Å². The fraction of sp³-hybridized carbons (Fsp3) is 0.381. The number of hydrogen-bond acceptors (Lipinski definition) is 3. The summed E-state index contributed by atoms with van der Waals surface area (Å²) in [5, 5.41) is 0. The molecule has 0 N–H and O–H groups in total. The predicted octanol–water partition coefficient (Wildman–Crippen LogP) is 4.11. The molecule has 0 aliphatic rings. The summed E-state index contributed by atoms with van der Waals surface area (Å²) in [4.78, 5) is 13.6. The molecule has 0 atom stereocenters. The van der Waals surface area contributed by atoms with Crippen molar-refractivity contribution in [1.29, 1.82) is 0 Å². The molecule has 0 radical (unpaired) electrons. The maximum atomic E-state index is 11.1. The Kier molecular flexibility index (Phi) is 7.50. The summed E-state index contributed by atoms with van der Waals surface area (Å²) in [6, 6.07) is 18.5. The summed E-state index contributed by atoms with van der Waals surface area (Å²) < 4.78 is 5.16. The van der Waals surface area contributed by atoms with Gasteiger partial charge in [-0.3, -0.25) is 4.79 Å². The number of hydrogen-bond donors (Lipinski definition) is 0. The molecule has 0 spiro atoms. The molecule has 0 bridgehead atoms. The minimum atomic E-state index is -0.275. The summed E-state index contributed by atoms with van der Waals surface area (Å²) in [6.45, 7) is 6.85. The molecule has 2 aromatic carbocycles. The van der Waals surface area contributed by atoms with Crippen LogP contribution in [0.1, 0.15) is 31.4 Å². The van der Waals surface area contributed by atoms with E-state index in [1.807, 2.05) is 18.2 Å². The third-order valence-corrected chi connectivity index (χ3v) is 3.98. The molecule has 2 rings (SSSR count). The molecule has 0 saturated carbocycles. The van der Waals surface area contributed by atoms with E-state index >= 15 is 0 Å². The van der Waals surface area contributed by atoms with Crippen LogP contribution in [0.2, 0.25) is 0 Å². The fourth-order valence-electron chi connectivity index (χ4n) is 2.80. The van der Waals surface area contributed by atoms with Crippen LogP contribution >= 0.6 is 0 Å². The van der Waals surface area contributed by atoms with Crippen molar-refractivity contribution in [2.75, 3.05) is 19.6 Å². The highest BCUT2D eigenvalue weighted by molar-refractivity contribution is 5.69. The lowest BCUT2D eigenvalue weighted by molar-refractivity contribution is -0.131. The fourth-order valence-corrected chi connectivity index (χ4v) is 2.80. The van der Waals surface area contributed by atoms with E-state index in [9.17, 15) is 4.79 Å². The van der Waals surface area contributed by atoms with Gasteiger partial charge in [0.2, 0.25) is 0 Å². The van der Waals surface area contributed by atoms with Crippen molar-refractivity contribution in [3.8, 4) is 5.75 Å². The minimum absolute atomic E-state index is 0.275. The second-order valence-electron chi connectivity index (χ2n) is 6.07. The molecule has 128 valence electrons. The van der Waals surface area contributed by atoms with Crippen LogP contribution in [-0.4, -0.2) is 30.5 Å². The number of benzene rings is 2. The molecule has 0 heterocycles. The molecular formula is C21H27NO2. The molecule has 0 unspecified atom stereocenters. The summed E-state index contributed by atoms with van der Waals surface area (Å²) in [5.74, 6) is 0.356. The van der Waals surface area contributed by atoms with E-state index in [4.69, 9.17) is 4.74 Å². The van der Waals surface area contributed by atoms with Crippen LogP contribution in [0, 0.1) is 0 Å². The number of carbonyl (C=O) groups is 1. The Morgan fingerprint density at radius 3 is 2.25 bits per heavy atom. The van der Waals surface area contributed by atoms with Gasteiger partial charge in [0.25, 0.3) is 0 Å². The normalized spacial score (nSPS) is 10.8. The Morgan fingerprint density at radius 2 is 1.58 bits per heavy atom. The van der Waals surface area contributed by atoms with Gasteiger partial charge in [0.1, 0.15) is 5.75 Å². The highest BCUT2D eigenvalue weighted by Gasteiger charge is 2.06. The van der Waals surface area contributed by atoms with Gasteiger partial charge in [0.15, 0.2) is 0 Å². The molecule has 2 aromatic rings. The molecular weight excluding hydrogens is 298 g/mol. The Labute approximate surface area is 145 Å². The van der Waals surface area contributed by atoms with Gasteiger partial charge in [-0.2, -0.15) is 0 Å². The van der Waals surface area contributed by atoms with Gasteiger partial charge in [0, 0.05) is 20.0 Å². The highest BCUT2D eigenvalue weighted by atomic mass is 16.5. The van der Waals surface area contributed by atoms with E-state index in [0.29, 0.717) is 5.75 Å². The lowest BCUT2D eigenvalue weighted by atomic mass is 10.1. The van der Waals surface area contributed by atoms with Crippen molar-refractivity contribution < 1.29 is 9.53 Å². The molecule has 0 aliphatic heterocycles. The van der Waals surface area contributed by atoms with Gasteiger partial charge in [-0.05, 0) is 49.1 Å². The molecule has 0 aromatic heterocycles. The van der Waals surface area contributed by atoms with E-state index in [1.165, 1.54) is 18.1 Å². The predicted molar refractivity (Wildman–Crippen MR) is 98.3 cm³/mol. The molecule has 0 amide bonds. The van der Waals surface area contributed by atoms with Crippen molar-refractivity contribution in [2.24, 2.45) is 0 Å². The number of carbonyl (C=O) groups excluding carboxylic acids is 1. The quantitative estimate of drug-likeness (QED) is 0.513. The second-order valence-corrected chi connectivity index (χ2v) is 6.07. The van der Waals surface area contributed by atoms with Crippen molar-refractivity contribution in [3.05, 3.63) is 65.7 Å². The van der Waals surface area contributed by atoms with Crippen molar-refractivity contribution in [3.63, 3.8) is 0 Å². The van der Waals surface area contributed by atoms with Crippen LogP contribution in [0.5, 0.6) is 5.75 Å². The van der Waals surface area contributed by atoms with Crippen LogP contribution in [0.15, 0.2) is 54.6 Å². The first-order chi connectivity index (χ1) is 11.7. The zero-order chi connectivity index (χ0) is 17.2. The Hall–Kier alpha value is -2.13. The molecule has 24 heavy (non-hydrogen) atoms. The smallest absolute Gasteiger partial charge is 0.308 e. The summed E-state index contributed by atoms with van der Waals surface area (Å²) in [7, 11) is 0. The average molecular weight is 325 g/mol. The first-order valence-corrected chi connectivity index (χ1v) is 8.71. The zero-order valence-corrected chi connectivity index (χ0v) is 14.7. The first kappa shape index (κ1) is 18.2. The molecule has 0 saturated heterocycles. The SMILES string of the molecule is CCCN(CCc1ccccc1)CCc1cccc(OC(C)=O)c1. The van der Waals surface area contributed by atoms with Gasteiger partial charge >= 0.3 is 5.97 Å². The van der Waals surface area contributed by atoms with Gasteiger partial charge in [-0.1, -0.05) is 49.4 Å². The molecule has 3 nitrogen and oxygen atoms in total. The Bertz CT molecular complexity index is 625. The van der Waals surface area contributed by atoms with Gasteiger partial charge < -0.3 is 9.64 Å². The average Bonchev–Trinajstić information content (AvgIpc) is 2.58. The third kappa shape index (κ3) is 6.55. The molecule has 0 fully saturated rings. The van der Waals surface area contributed by atoms with Gasteiger partial charge in [-0.15, -0.1) is 0 Å². The first-order valence-electron chi connectivity index (χ1n) is 8.71. The van der Waals surface area contributed by atoms with E-state index < -0.39 is 0 Å². The number of nitrogens with zero attached hydrogens (tertiary/aromatic N) is 1. The van der Waals surface area contributed by atoms with Crippen LogP contribution in [0.4, 0.5) is 0 Å². The van der Waals surface area contributed by atoms with Gasteiger partial charge in [0.05, 0.1) is 0 Å². The Morgan fingerprint density at radius 1 is 0.917 bits per heavy atom. The van der Waals surface area contributed by atoms with Crippen molar-refractivity contribution in [1.82, 2.24) is 4.90 Å². The molecule has 3 heteroatoms. The second kappa shape index (κ2) is 9.89. The maximum Gasteiger partial charge on any atom is 0.308 e. The maximum absolute atomic E-state index is 11.1. The van der Waals surface area contributed by atoms with Crippen molar-refractivity contribution in [2.45, 2.75) is 33.1 Å². The zero-order valence-electron chi connectivity index (χ0n) is 14.7. The lowest BCUT2D eigenvalue weighted by Gasteiger charge is -2.22. The van der Waals surface area contributed by atoms with E-state index in [2.05, 4.69) is 48.2 Å². The van der Waals surface area contributed by atoms with Crippen LogP contribution in [0.25, 0.3) is 0 Å². The largest absolute Gasteiger partial charge is 0.427 e. The van der Waals surface area contributed by atoms with Crippen LogP contribution < -0.4 is 4.74 Å². The van der Waals surface area contributed by atoms with E-state index in [1.54, 1.807) is 0 Å². The van der Waals surface area contributed by atoms with E-state index in [0.717, 1.165) is 38.9 Å². The number of ether oxygens (including phenoxy) is 1. The summed E-state index contributed by atoms with van der Waals surface area (Å²) in [6.07, 6.45) is 3.19. The minimum Gasteiger partial charge on any atom is -0.427 e. The number of esters is 1. The number of rotatable bonds is 9. The monoisotopic (exact) mass is 325 g/mol. The lowest BCUT2D eigenvalue weighted by Crippen LogP contribution is -2.29. The van der Waals surface area contributed by atoms with Crippen LogP contribution in [-0.2, 0) is 17.6 Å². The van der Waals surface area contributed by atoms with Crippen molar-refractivity contribution >= 4 is 5.97 Å². The van der Waals surface area contributed by atoms with Crippen LogP contribution in [0.3, 0.4) is 0 Å². The topological polar surface area (TPSA) is 29.5 Å². The standard InChI is InChI=1S/C21H27NO2/c1-3-14-22(15-12-19-8-5-4-6-9-19)16-13-20-10-7-11-21(17-20)24-18(2)23/h4-11,17H,3,12-16H2,1-2H3. The Balaban J connectivity index is 1.87. The summed E-state index contributed by atoms with van der Waals surface area (Å²) >= 11 is 0. The van der Waals surface area contributed by atoms with Gasteiger partial charge in [-0.25, -0.2) is 0 Å². The summed E-state index contributed by atoms with van der Waals surface area (Å²) in [5.41, 5.74) is 2.59.